The Labute approximate surface area is 115 Å². The van der Waals surface area contributed by atoms with Crippen LogP contribution in [0.5, 0.6) is 0 Å². The number of halogens is 1. The number of benzene rings is 1. The Morgan fingerprint density at radius 1 is 1.33 bits per heavy atom. The van der Waals surface area contributed by atoms with Gasteiger partial charge in [0.1, 0.15) is 0 Å². The summed E-state index contributed by atoms with van der Waals surface area (Å²) in [6.07, 6.45) is 0.913. The summed E-state index contributed by atoms with van der Waals surface area (Å²) in [6.45, 7) is 5.44. The molecule has 1 atom stereocenters. The predicted molar refractivity (Wildman–Crippen MR) is 75.9 cm³/mol. The van der Waals surface area contributed by atoms with Crippen LogP contribution in [0.2, 0.25) is 0 Å². The molecule has 1 aromatic rings. The number of rotatable bonds is 2. The molecule has 1 heterocycles. The molecular weight excluding hydrogens is 248 g/mol. The second kappa shape index (κ2) is 5.72. The lowest BCUT2D eigenvalue weighted by Gasteiger charge is -2.29. The fourth-order valence-electron chi connectivity index (χ4n) is 2.35. The van der Waals surface area contributed by atoms with Gasteiger partial charge in [0, 0.05) is 19.1 Å². The molecule has 100 valence electrons. The van der Waals surface area contributed by atoms with Crippen molar-refractivity contribution in [3.05, 3.63) is 35.9 Å². The Kier molecular flexibility index (Phi) is 4.77. The molecule has 0 aliphatic carbocycles. The number of nitrogens with two attached hydrogens (primary N) is 1. The summed E-state index contributed by atoms with van der Waals surface area (Å²) in [6, 6.07) is 10.1. The van der Waals surface area contributed by atoms with Crippen LogP contribution in [0.1, 0.15) is 25.8 Å². The molecule has 1 aromatic carbocycles. The average Bonchev–Trinajstić information content (AvgIpc) is 2.76. The van der Waals surface area contributed by atoms with Crippen LogP contribution < -0.4 is 5.73 Å². The van der Waals surface area contributed by atoms with Crippen LogP contribution in [0, 0.1) is 0 Å². The van der Waals surface area contributed by atoms with Gasteiger partial charge in [0.15, 0.2) is 0 Å². The van der Waals surface area contributed by atoms with Gasteiger partial charge in [-0.2, -0.15) is 0 Å². The number of hydrogen-bond donors (Lipinski definition) is 1. The first-order valence-electron chi connectivity index (χ1n) is 6.12. The predicted octanol–water partition coefficient (Wildman–Crippen LogP) is 1.95. The third-order valence-corrected chi connectivity index (χ3v) is 3.54. The molecule has 1 amide bonds. The van der Waals surface area contributed by atoms with Gasteiger partial charge in [-0.3, -0.25) is 4.79 Å². The Hall–Kier alpha value is -1.06. The quantitative estimate of drug-likeness (QED) is 0.891. The molecule has 0 spiro atoms. The SMILES string of the molecule is CC(C)(C(=O)N1CC[C@H](N)C1)c1ccccc1.Cl. The summed E-state index contributed by atoms with van der Waals surface area (Å²) in [5, 5.41) is 0. The van der Waals surface area contributed by atoms with E-state index in [2.05, 4.69) is 0 Å². The van der Waals surface area contributed by atoms with Gasteiger partial charge in [0.25, 0.3) is 0 Å². The lowest BCUT2D eigenvalue weighted by Crippen LogP contribution is -2.43. The van der Waals surface area contributed by atoms with E-state index in [1.54, 1.807) is 0 Å². The van der Waals surface area contributed by atoms with Gasteiger partial charge in [-0.05, 0) is 25.8 Å². The second-order valence-corrected chi connectivity index (χ2v) is 5.29. The molecule has 1 saturated heterocycles. The van der Waals surface area contributed by atoms with E-state index >= 15 is 0 Å². The summed E-state index contributed by atoms with van der Waals surface area (Å²) >= 11 is 0. The number of carbonyl (C=O) groups is 1. The van der Waals surface area contributed by atoms with Crippen molar-refractivity contribution in [3.8, 4) is 0 Å². The number of carbonyl (C=O) groups excluding carboxylic acids is 1. The minimum atomic E-state index is -0.467. The van der Waals surface area contributed by atoms with Crippen LogP contribution in [-0.2, 0) is 10.2 Å². The van der Waals surface area contributed by atoms with Gasteiger partial charge in [-0.15, -0.1) is 12.4 Å². The first-order chi connectivity index (χ1) is 8.01. The molecule has 18 heavy (non-hydrogen) atoms. The highest BCUT2D eigenvalue weighted by atomic mass is 35.5. The Morgan fingerprint density at radius 2 is 1.94 bits per heavy atom. The average molecular weight is 269 g/mol. The van der Waals surface area contributed by atoms with Gasteiger partial charge in [0.05, 0.1) is 5.41 Å². The van der Waals surface area contributed by atoms with Crippen molar-refractivity contribution >= 4 is 18.3 Å². The minimum absolute atomic E-state index is 0. The van der Waals surface area contributed by atoms with Crippen molar-refractivity contribution in [2.45, 2.75) is 31.7 Å². The third-order valence-electron chi connectivity index (χ3n) is 3.54. The maximum Gasteiger partial charge on any atom is 0.232 e. The second-order valence-electron chi connectivity index (χ2n) is 5.29. The highest BCUT2D eigenvalue weighted by Gasteiger charge is 2.36. The first kappa shape index (κ1) is 15.0. The third kappa shape index (κ3) is 2.85. The Bertz CT molecular complexity index is 406. The van der Waals surface area contributed by atoms with E-state index in [0.717, 1.165) is 18.5 Å². The zero-order valence-corrected chi connectivity index (χ0v) is 11.7. The van der Waals surface area contributed by atoms with E-state index < -0.39 is 5.41 Å². The summed E-state index contributed by atoms with van der Waals surface area (Å²) in [5.41, 5.74) is 6.44. The largest absolute Gasteiger partial charge is 0.340 e. The normalized spacial score (nSPS) is 19.5. The van der Waals surface area contributed by atoms with Gasteiger partial charge in [-0.1, -0.05) is 30.3 Å². The van der Waals surface area contributed by atoms with Gasteiger partial charge < -0.3 is 10.6 Å². The van der Waals surface area contributed by atoms with Crippen molar-refractivity contribution in [3.63, 3.8) is 0 Å². The van der Waals surface area contributed by atoms with Crippen molar-refractivity contribution in [1.82, 2.24) is 4.90 Å². The zero-order chi connectivity index (χ0) is 12.5. The van der Waals surface area contributed by atoms with E-state index in [0.29, 0.717) is 6.54 Å². The van der Waals surface area contributed by atoms with E-state index in [9.17, 15) is 4.79 Å². The standard InChI is InChI=1S/C14H20N2O.ClH/c1-14(2,11-6-4-3-5-7-11)13(17)16-9-8-12(15)10-16;/h3-7,12H,8-10,15H2,1-2H3;1H/t12-;/m0./s1. The van der Waals surface area contributed by atoms with E-state index in [1.807, 2.05) is 49.1 Å². The number of hydrogen-bond acceptors (Lipinski definition) is 2. The van der Waals surface area contributed by atoms with Crippen molar-refractivity contribution in [2.24, 2.45) is 5.73 Å². The van der Waals surface area contributed by atoms with E-state index in [4.69, 9.17) is 5.73 Å². The fraction of sp³-hybridized carbons (Fsp3) is 0.500. The molecule has 1 aliphatic rings. The molecule has 2 rings (SSSR count). The van der Waals surface area contributed by atoms with Gasteiger partial charge in [0.2, 0.25) is 5.91 Å². The van der Waals surface area contributed by atoms with Crippen LogP contribution in [0.25, 0.3) is 0 Å². The highest BCUT2D eigenvalue weighted by Crippen LogP contribution is 2.27. The zero-order valence-electron chi connectivity index (χ0n) is 10.9. The Balaban J connectivity index is 0.00000162. The summed E-state index contributed by atoms with van der Waals surface area (Å²) < 4.78 is 0. The van der Waals surface area contributed by atoms with E-state index in [-0.39, 0.29) is 24.4 Å². The maximum absolute atomic E-state index is 12.5. The first-order valence-corrected chi connectivity index (χ1v) is 6.12. The molecule has 1 fully saturated rings. The van der Waals surface area contributed by atoms with E-state index in [1.165, 1.54) is 0 Å². The smallest absolute Gasteiger partial charge is 0.232 e. The van der Waals surface area contributed by atoms with Crippen LogP contribution in [0.4, 0.5) is 0 Å². The molecule has 1 aliphatic heterocycles. The molecule has 2 N–H and O–H groups in total. The molecule has 0 radical (unpaired) electrons. The van der Waals surface area contributed by atoms with Crippen molar-refractivity contribution in [2.75, 3.05) is 13.1 Å². The van der Waals surface area contributed by atoms with Crippen LogP contribution >= 0.6 is 12.4 Å². The topological polar surface area (TPSA) is 46.3 Å². The number of amides is 1. The number of likely N-dealkylation sites (tertiary alicyclic amines) is 1. The molecule has 0 unspecified atom stereocenters. The molecule has 0 saturated carbocycles. The van der Waals surface area contributed by atoms with Crippen LogP contribution in [0.3, 0.4) is 0 Å². The summed E-state index contributed by atoms with van der Waals surface area (Å²) in [4.78, 5) is 14.4. The molecule has 0 bridgehead atoms. The Morgan fingerprint density at radius 3 is 2.44 bits per heavy atom. The van der Waals surface area contributed by atoms with Gasteiger partial charge in [-0.25, -0.2) is 0 Å². The summed E-state index contributed by atoms with van der Waals surface area (Å²) in [7, 11) is 0. The maximum atomic E-state index is 12.5. The number of nitrogens with zero attached hydrogens (tertiary/aromatic N) is 1. The van der Waals surface area contributed by atoms with Gasteiger partial charge >= 0.3 is 0 Å². The minimum Gasteiger partial charge on any atom is -0.340 e. The molecular formula is C14H21ClN2O. The van der Waals surface area contributed by atoms with Crippen LogP contribution in [-0.4, -0.2) is 29.9 Å². The lowest BCUT2D eigenvalue weighted by molar-refractivity contribution is -0.135. The molecule has 4 heteroatoms. The molecule has 3 nitrogen and oxygen atoms in total. The van der Waals surface area contributed by atoms with Crippen LogP contribution in [0.15, 0.2) is 30.3 Å². The molecule has 0 aromatic heterocycles. The monoisotopic (exact) mass is 268 g/mol. The van der Waals surface area contributed by atoms with Crippen molar-refractivity contribution < 1.29 is 4.79 Å². The summed E-state index contributed by atoms with van der Waals surface area (Å²) in [5.74, 6) is 0.177. The lowest BCUT2D eigenvalue weighted by atomic mass is 9.83. The fourth-order valence-corrected chi connectivity index (χ4v) is 2.35. The van der Waals surface area contributed by atoms with Crippen molar-refractivity contribution in [1.29, 1.82) is 0 Å². The highest BCUT2D eigenvalue weighted by molar-refractivity contribution is 5.87.